The van der Waals surface area contributed by atoms with Crippen LogP contribution < -0.4 is 0 Å². The van der Waals surface area contributed by atoms with Gasteiger partial charge < -0.3 is 18.0 Å². The first-order valence-corrected chi connectivity index (χ1v) is 37.5. The van der Waals surface area contributed by atoms with Crippen LogP contribution in [0.1, 0.15) is 0 Å². The summed E-state index contributed by atoms with van der Waals surface area (Å²) in [7, 11) is 0. The summed E-state index contributed by atoms with van der Waals surface area (Å²) in [6.07, 6.45) is 0. The first kappa shape index (κ1) is 65.1. The predicted molar refractivity (Wildman–Crippen MR) is 457 cm³/mol. The van der Waals surface area contributed by atoms with Crippen LogP contribution in [0.3, 0.4) is 0 Å². The van der Waals surface area contributed by atoms with Crippen molar-refractivity contribution in [3.05, 3.63) is 388 Å². The summed E-state index contributed by atoms with van der Waals surface area (Å²) >= 11 is 0. The molecule has 0 amide bonds. The summed E-state index contributed by atoms with van der Waals surface area (Å²) in [4.78, 5) is 30.9. The van der Waals surface area contributed by atoms with Gasteiger partial charge in [0.25, 0.3) is 0 Å². The molecule has 6 aromatic heterocycles. The fraction of sp³-hybridized carbons (Fsp3) is 0. The van der Waals surface area contributed by atoms with Crippen molar-refractivity contribution in [2.75, 3.05) is 0 Å². The van der Waals surface area contributed by atoms with Gasteiger partial charge in [0, 0.05) is 87.8 Å². The van der Waals surface area contributed by atoms with Crippen molar-refractivity contribution in [2.24, 2.45) is 0 Å². The SMILES string of the molecule is c1ccc(-c2cc(-c3ccccc3)cc(-c3nc(-c4ccccc4)nc(-c4ccc5oc6c(ccc7c8ccccc8n(-c8ccccc8)c76)c5c4)n3)c2)cc1.c1ccc(-c2cccc(-c3nc(-c4cccc(-c5ccccc5)c4)nc(-c4ccc5oc6c(ccc7c8ccccc8n(-c8ccccc8)c76)c5c4)n3)c2)cc1. The minimum Gasteiger partial charge on any atom is -0.454 e. The summed E-state index contributed by atoms with van der Waals surface area (Å²) < 4.78 is 18.2. The molecule has 22 aromatic rings. The second-order valence-corrected chi connectivity index (χ2v) is 28.1. The van der Waals surface area contributed by atoms with Gasteiger partial charge in [0.05, 0.1) is 22.1 Å². The van der Waals surface area contributed by atoms with Gasteiger partial charge in [-0.15, -0.1) is 0 Å². The third-order valence-corrected chi connectivity index (χ3v) is 21.3. The Kier molecular flexibility index (Phi) is 16.0. The number of fused-ring (bicyclic) bond motifs is 14. The second-order valence-electron chi connectivity index (χ2n) is 28.1. The van der Waals surface area contributed by atoms with Crippen LogP contribution in [0.25, 0.3) is 212 Å². The van der Waals surface area contributed by atoms with Gasteiger partial charge in [-0.3, -0.25) is 0 Å². The third kappa shape index (κ3) is 11.7. The molecule has 0 bridgehead atoms. The molecule has 0 aliphatic heterocycles. The Bertz CT molecular complexity index is 6960. The molecule has 0 fully saturated rings. The number of para-hydroxylation sites is 4. The zero-order chi connectivity index (χ0) is 74.0. The fourth-order valence-electron chi connectivity index (χ4n) is 15.9. The Hall–Kier alpha value is -15.3. The van der Waals surface area contributed by atoms with Crippen LogP contribution in [0.15, 0.2) is 397 Å². The average Bonchev–Trinajstić information content (AvgIpc) is 1.57. The van der Waals surface area contributed by atoms with E-state index in [2.05, 4.69) is 319 Å². The van der Waals surface area contributed by atoms with Gasteiger partial charge in [-0.05, 0) is 160 Å². The van der Waals surface area contributed by atoms with Crippen LogP contribution in [0.2, 0.25) is 0 Å². The monoisotopic (exact) mass is 1430 g/mol. The van der Waals surface area contributed by atoms with Crippen LogP contribution in [0, 0.1) is 0 Å². The van der Waals surface area contributed by atoms with Crippen LogP contribution in [-0.4, -0.2) is 39.0 Å². The highest BCUT2D eigenvalue weighted by molar-refractivity contribution is 6.23. The smallest absolute Gasteiger partial charge is 0.164 e. The van der Waals surface area contributed by atoms with Crippen molar-refractivity contribution in [3.63, 3.8) is 0 Å². The summed E-state index contributed by atoms with van der Waals surface area (Å²) in [6.45, 7) is 0. The number of hydrogen-bond donors (Lipinski definition) is 0. The Labute approximate surface area is 643 Å². The second kappa shape index (κ2) is 27.5. The summed E-state index contributed by atoms with van der Waals surface area (Å²) in [5, 5.41) is 8.76. The van der Waals surface area contributed by atoms with E-state index < -0.39 is 0 Å². The van der Waals surface area contributed by atoms with E-state index in [-0.39, 0.29) is 0 Å². The number of benzene rings is 16. The standard InChI is InChI=1S/2C51H32N4O/c1-5-15-33(16-6-1)37-29-38(34-17-7-2-8-18-34)31-39(30-37)51-53-49(35-19-9-3-10-20-35)52-50(54-51)36-25-28-46-44(32-36)43-27-26-42-41-23-13-14-24-45(41)55(47(42)48(43)56-46)40-21-11-4-12-22-40;1-4-14-33(15-5-1)35-18-12-20-37(30-35)49-52-50(38-21-13-19-36(31-38)34-16-6-2-7-17-34)54-51(53-49)39-26-29-46-44(32-39)43-28-27-42-41-24-10-11-25-45(41)55(47(42)48(43)56-46)40-22-8-3-9-23-40/h2*1-32H. The van der Waals surface area contributed by atoms with Crippen LogP contribution >= 0.6 is 0 Å². The van der Waals surface area contributed by atoms with Crippen molar-refractivity contribution in [1.29, 1.82) is 0 Å². The first-order valence-electron chi connectivity index (χ1n) is 37.5. The van der Waals surface area contributed by atoms with Gasteiger partial charge in [-0.2, -0.15) is 0 Å². The molecular formula is C102H64N8O2. The van der Waals surface area contributed by atoms with Crippen molar-refractivity contribution in [1.82, 2.24) is 39.0 Å². The van der Waals surface area contributed by atoms with E-state index in [1.165, 1.54) is 10.8 Å². The molecule has 16 aromatic carbocycles. The normalized spacial score (nSPS) is 11.6. The van der Waals surface area contributed by atoms with Crippen LogP contribution in [0.4, 0.5) is 0 Å². The van der Waals surface area contributed by atoms with Crippen molar-refractivity contribution >= 4 is 87.5 Å². The predicted octanol–water partition coefficient (Wildman–Crippen LogP) is 26.4. The molecule has 0 radical (unpaired) electrons. The Morgan fingerprint density at radius 3 is 0.839 bits per heavy atom. The molecule has 0 unspecified atom stereocenters. The summed E-state index contributed by atoms with van der Waals surface area (Å²) in [5.74, 6) is 3.63. The summed E-state index contributed by atoms with van der Waals surface area (Å²) in [5.41, 5.74) is 24.2. The van der Waals surface area contributed by atoms with Crippen LogP contribution in [-0.2, 0) is 0 Å². The van der Waals surface area contributed by atoms with E-state index in [0.29, 0.717) is 34.9 Å². The molecule has 0 atom stereocenters. The minimum absolute atomic E-state index is 0.593. The first-order chi connectivity index (χ1) is 55.5. The number of aromatic nitrogens is 8. The van der Waals surface area contributed by atoms with Gasteiger partial charge in [0.2, 0.25) is 0 Å². The number of nitrogens with zero attached hydrogens (tertiary/aromatic N) is 8. The summed E-state index contributed by atoms with van der Waals surface area (Å²) in [6, 6.07) is 135. The molecular weight excluding hydrogens is 1370 g/mol. The van der Waals surface area contributed by atoms with E-state index >= 15 is 0 Å². The van der Waals surface area contributed by atoms with Gasteiger partial charge in [-0.1, -0.05) is 273 Å². The van der Waals surface area contributed by atoms with Gasteiger partial charge in [0.1, 0.15) is 11.2 Å². The lowest BCUT2D eigenvalue weighted by Crippen LogP contribution is -2.00. The average molecular weight is 1430 g/mol. The zero-order valence-corrected chi connectivity index (χ0v) is 60.3. The topological polar surface area (TPSA) is 113 Å². The molecule has 10 nitrogen and oxygen atoms in total. The third-order valence-electron chi connectivity index (χ3n) is 21.3. The van der Waals surface area contributed by atoms with Gasteiger partial charge >= 0.3 is 0 Å². The molecule has 0 aliphatic rings. The molecule has 0 aliphatic carbocycles. The molecule has 0 spiro atoms. The molecule has 524 valence electrons. The largest absolute Gasteiger partial charge is 0.454 e. The lowest BCUT2D eigenvalue weighted by molar-refractivity contribution is 0.670. The van der Waals surface area contributed by atoms with Crippen molar-refractivity contribution < 1.29 is 8.83 Å². The van der Waals surface area contributed by atoms with Crippen molar-refractivity contribution in [2.45, 2.75) is 0 Å². The van der Waals surface area contributed by atoms with E-state index in [1.807, 2.05) is 78.9 Å². The number of hydrogen-bond acceptors (Lipinski definition) is 8. The van der Waals surface area contributed by atoms with E-state index in [1.54, 1.807) is 0 Å². The molecule has 0 saturated heterocycles. The Morgan fingerprint density at radius 2 is 0.446 bits per heavy atom. The lowest BCUT2D eigenvalue weighted by Gasteiger charge is -2.12. The lowest BCUT2D eigenvalue weighted by atomic mass is 9.96. The minimum atomic E-state index is 0.593. The highest BCUT2D eigenvalue weighted by Gasteiger charge is 2.24. The maximum Gasteiger partial charge on any atom is 0.164 e. The number of furan rings is 2. The maximum atomic E-state index is 6.77. The highest BCUT2D eigenvalue weighted by Crippen LogP contribution is 2.45. The number of rotatable bonds is 12. The molecule has 6 heterocycles. The van der Waals surface area contributed by atoms with Gasteiger partial charge in [0.15, 0.2) is 46.1 Å². The molecule has 0 N–H and O–H groups in total. The van der Waals surface area contributed by atoms with E-state index in [9.17, 15) is 0 Å². The van der Waals surface area contributed by atoms with E-state index in [0.717, 1.165) is 166 Å². The van der Waals surface area contributed by atoms with E-state index in [4.69, 9.17) is 38.7 Å². The zero-order valence-electron chi connectivity index (χ0n) is 60.3. The quantitative estimate of drug-likeness (QED) is 0.119. The molecule has 10 heteroatoms. The van der Waals surface area contributed by atoms with Crippen LogP contribution in [0.5, 0.6) is 0 Å². The fourth-order valence-corrected chi connectivity index (χ4v) is 15.9. The molecule has 0 saturated carbocycles. The van der Waals surface area contributed by atoms with Crippen molar-refractivity contribution in [3.8, 4) is 124 Å². The maximum absolute atomic E-state index is 6.77. The highest BCUT2D eigenvalue weighted by atomic mass is 16.3. The Balaban J connectivity index is 0.000000141. The van der Waals surface area contributed by atoms with Gasteiger partial charge in [-0.25, -0.2) is 29.9 Å². The Morgan fingerprint density at radius 1 is 0.170 bits per heavy atom. The molecule has 22 rings (SSSR count). The molecule has 112 heavy (non-hydrogen) atoms.